The summed E-state index contributed by atoms with van der Waals surface area (Å²) in [5, 5.41) is 5.22. The van der Waals surface area contributed by atoms with Gasteiger partial charge in [0.15, 0.2) is 0 Å². The highest BCUT2D eigenvalue weighted by Crippen LogP contribution is 2.31. The van der Waals surface area contributed by atoms with Gasteiger partial charge < -0.3 is 4.74 Å². The molecule has 0 saturated heterocycles. The van der Waals surface area contributed by atoms with Crippen molar-refractivity contribution in [1.82, 2.24) is 0 Å². The molecule has 0 aliphatic carbocycles. The molecule has 2 N–H and O–H groups in total. The first-order valence-corrected chi connectivity index (χ1v) is 7.91. The van der Waals surface area contributed by atoms with Crippen LogP contribution in [0.4, 0.5) is 0 Å². The van der Waals surface area contributed by atoms with E-state index in [-0.39, 0.29) is 9.92 Å². The number of hydrogen-bond donors (Lipinski definition) is 1. The van der Waals surface area contributed by atoms with Crippen molar-refractivity contribution in [3.63, 3.8) is 0 Å². The molecule has 0 radical (unpaired) electrons. The average Bonchev–Trinajstić information content (AvgIpc) is 2.41. The van der Waals surface area contributed by atoms with E-state index in [1.807, 2.05) is 24.3 Å². The maximum Gasteiger partial charge on any atom is 0.238 e. The highest BCUT2D eigenvalue weighted by atomic mass is 35.5. The molecule has 0 atom stereocenters. The van der Waals surface area contributed by atoms with Crippen LogP contribution in [0, 0.1) is 0 Å². The lowest BCUT2D eigenvalue weighted by Gasteiger charge is -2.09. The molecule has 2 rings (SSSR count). The van der Waals surface area contributed by atoms with E-state index >= 15 is 0 Å². The third-order valence-electron chi connectivity index (χ3n) is 2.79. The van der Waals surface area contributed by atoms with Gasteiger partial charge in [-0.3, -0.25) is 0 Å². The molecule has 0 unspecified atom stereocenters. The SMILES string of the molecule is CCc1ccc(Oc2ccc(S(N)(=O)=O)cc2Cl)cc1. The molecule has 4 nitrogen and oxygen atoms in total. The Morgan fingerprint density at radius 1 is 1.15 bits per heavy atom. The average molecular weight is 312 g/mol. The topological polar surface area (TPSA) is 69.4 Å². The number of halogens is 1. The van der Waals surface area contributed by atoms with Crippen LogP contribution in [-0.2, 0) is 16.4 Å². The predicted octanol–water partition coefficient (Wildman–Crippen LogP) is 3.34. The van der Waals surface area contributed by atoms with Crippen LogP contribution in [-0.4, -0.2) is 8.42 Å². The first-order chi connectivity index (χ1) is 9.40. The van der Waals surface area contributed by atoms with Crippen LogP contribution in [0.1, 0.15) is 12.5 Å². The highest BCUT2D eigenvalue weighted by Gasteiger charge is 2.11. The van der Waals surface area contributed by atoms with Crippen molar-refractivity contribution >= 4 is 21.6 Å². The van der Waals surface area contributed by atoms with E-state index in [0.717, 1.165) is 6.42 Å². The summed E-state index contributed by atoms with van der Waals surface area (Å²) in [7, 11) is -3.76. The second-order valence-corrected chi connectivity index (χ2v) is 6.21. The van der Waals surface area contributed by atoms with Crippen molar-refractivity contribution < 1.29 is 13.2 Å². The maximum absolute atomic E-state index is 11.2. The fourth-order valence-electron chi connectivity index (χ4n) is 1.66. The van der Waals surface area contributed by atoms with Gasteiger partial charge in [-0.15, -0.1) is 0 Å². The van der Waals surface area contributed by atoms with Gasteiger partial charge in [-0.2, -0.15) is 0 Å². The van der Waals surface area contributed by atoms with Crippen LogP contribution in [0.15, 0.2) is 47.4 Å². The van der Waals surface area contributed by atoms with Crippen LogP contribution in [0.5, 0.6) is 11.5 Å². The Morgan fingerprint density at radius 3 is 2.30 bits per heavy atom. The van der Waals surface area contributed by atoms with Gasteiger partial charge in [0.2, 0.25) is 10.0 Å². The zero-order chi connectivity index (χ0) is 14.8. The van der Waals surface area contributed by atoms with Crippen LogP contribution in [0.3, 0.4) is 0 Å². The quantitative estimate of drug-likeness (QED) is 0.941. The summed E-state index contributed by atoms with van der Waals surface area (Å²) in [5.41, 5.74) is 1.20. The monoisotopic (exact) mass is 311 g/mol. The van der Waals surface area contributed by atoms with Crippen LogP contribution in [0.2, 0.25) is 5.02 Å². The molecule has 0 aliphatic rings. The molecule has 0 aromatic heterocycles. The van der Waals surface area contributed by atoms with Crippen LogP contribution >= 0.6 is 11.6 Å². The first-order valence-electron chi connectivity index (χ1n) is 5.99. The second-order valence-electron chi connectivity index (χ2n) is 4.24. The molecular weight excluding hydrogens is 298 g/mol. The van der Waals surface area contributed by atoms with Gasteiger partial charge in [-0.05, 0) is 42.3 Å². The fourth-order valence-corrected chi connectivity index (χ4v) is 2.49. The van der Waals surface area contributed by atoms with Crippen molar-refractivity contribution in [1.29, 1.82) is 0 Å². The van der Waals surface area contributed by atoms with Gasteiger partial charge in [0.05, 0.1) is 9.92 Å². The molecule has 0 amide bonds. The number of nitrogens with two attached hydrogens (primary N) is 1. The van der Waals surface area contributed by atoms with Gasteiger partial charge in [0, 0.05) is 0 Å². The van der Waals surface area contributed by atoms with Gasteiger partial charge in [0.1, 0.15) is 11.5 Å². The molecular formula is C14H14ClNO3S. The van der Waals surface area contributed by atoms with E-state index in [4.69, 9.17) is 21.5 Å². The minimum absolute atomic E-state index is 0.0452. The Balaban J connectivity index is 2.25. The van der Waals surface area contributed by atoms with E-state index in [0.29, 0.717) is 11.5 Å². The lowest BCUT2D eigenvalue weighted by atomic mass is 10.2. The summed E-state index contributed by atoms with van der Waals surface area (Å²) in [6.45, 7) is 2.07. The molecule has 0 aliphatic heterocycles. The summed E-state index contributed by atoms with van der Waals surface area (Å²) in [6.07, 6.45) is 0.949. The van der Waals surface area contributed by atoms with Crippen molar-refractivity contribution in [2.75, 3.05) is 0 Å². The fraction of sp³-hybridized carbons (Fsp3) is 0.143. The summed E-state index contributed by atoms with van der Waals surface area (Å²) in [6, 6.07) is 11.7. The third kappa shape index (κ3) is 3.50. The zero-order valence-electron chi connectivity index (χ0n) is 10.8. The lowest BCUT2D eigenvalue weighted by Crippen LogP contribution is -2.11. The molecule has 2 aromatic carbocycles. The molecule has 0 spiro atoms. The van der Waals surface area contributed by atoms with E-state index in [9.17, 15) is 8.42 Å². The molecule has 0 bridgehead atoms. The Bertz CT molecular complexity index is 712. The molecule has 20 heavy (non-hydrogen) atoms. The van der Waals surface area contributed by atoms with Crippen molar-refractivity contribution in [2.45, 2.75) is 18.2 Å². The van der Waals surface area contributed by atoms with E-state index in [1.165, 1.54) is 23.8 Å². The Kier molecular flexibility index (Phi) is 4.32. The number of rotatable bonds is 4. The Morgan fingerprint density at radius 2 is 1.80 bits per heavy atom. The van der Waals surface area contributed by atoms with Gasteiger partial charge in [0.25, 0.3) is 0 Å². The van der Waals surface area contributed by atoms with E-state index < -0.39 is 10.0 Å². The number of sulfonamides is 1. The molecule has 2 aromatic rings. The third-order valence-corrected chi connectivity index (χ3v) is 4.00. The predicted molar refractivity (Wildman–Crippen MR) is 78.7 cm³/mol. The van der Waals surface area contributed by atoms with Crippen molar-refractivity contribution in [3.8, 4) is 11.5 Å². The van der Waals surface area contributed by atoms with Crippen LogP contribution in [0.25, 0.3) is 0 Å². The minimum Gasteiger partial charge on any atom is -0.456 e. The lowest BCUT2D eigenvalue weighted by molar-refractivity contribution is 0.482. The van der Waals surface area contributed by atoms with Crippen molar-refractivity contribution in [3.05, 3.63) is 53.1 Å². The number of hydrogen-bond acceptors (Lipinski definition) is 3. The Labute approximate surface area is 123 Å². The largest absolute Gasteiger partial charge is 0.456 e. The van der Waals surface area contributed by atoms with Gasteiger partial charge in [-0.25, -0.2) is 13.6 Å². The maximum atomic E-state index is 11.2. The number of aryl methyl sites for hydroxylation is 1. The second kappa shape index (κ2) is 5.83. The smallest absolute Gasteiger partial charge is 0.238 e. The van der Waals surface area contributed by atoms with Crippen molar-refractivity contribution in [2.24, 2.45) is 5.14 Å². The highest BCUT2D eigenvalue weighted by molar-refractivity contribution is 7.89. The Hall–Kier alpha value is -1.56. The van der Waals surface area contributed by atoms with E-state index in [1.54, 1.807) is 0 Å². The van der Waals surface area contributed by atoms with Crippen LogP contribution < -0.4 is 9.88 Å². The summed E-state index contributed by atoms with van der Waals surface area (Å²) < 4.78 is 28.0. The molecule has 0 fully saturated rings. The standard InChI is InChI=1S/C14H14ClNO3S/c1-2-10-3-5-11(6-4-10)19-14-8-7-12(9-13(14)15)20(16,17)18/h3-9H,2H2,1H3,(H2,16,17,18). The normalized spacial score (nSPS) is 11.3. The van der Waals surface area contributed by atoms with E-state index in [2.05, 4.69) is 6.92 Å². The molecule has 106 valence electrons. The first kappa shape index (κ1) is 14.8. The summed E-state index contributed by atoms with van der Waals surface area (Å²) in [5.74, 6) is 1.01. The number of primary sulfonamides is 1. The van der Waals surface area contributed by atoms with Gasteiger partial charge >= 0.3 is 0 Å². The number of benzene rings is 2. The number of ether oxygens (including phenoxy) is 1. The summed E-state index contributed by atoms with van der Waals surface area (Å²) >= 11 is 6.00. The zero-order valence-corrected chi connectivity index (χ0v) is 12.4. The van der Waals surface area contributed by atoms with Gasteiger partial charge in [-0.1, -0.05) is 30.7 Å². The molecule has 0 heterocycles. The summed E-state index contributed by atoms with van der Waals surface area (Å²) in [4.78, 5) is -0.0452. The minimum atomic E-state index is -3.76. The molecule has 0 saturated carbocycles. The molecule has 6 heteroatoms.